The third-order valence-electron chi connectivity index (χ3n) is 3.69. The molecule has 0 spiro atoms. The van der Waals surface area contributed by atoms with Gasteiger partial charge in [0, 0.05) is 13.1 Å². The van der Waals surface area contributed by atoms with Crippen LogP contribution in [0.4, 0.5) is 5.69 Å². The second-order valence-electron chi connectivity index (χ2n) is 6.10. The Kier molecular flexibility index (Phi) is 5.82. The molecule has 1 unspecified atom stereocenters. The molecule has 126 valence electrons. The van der Waals surface area contributed by atoms with E-state index in [1.165, 1.54) is 0 Å². The third kappa shape index (κ3) is 4.13. The maximum Gasteiger partial charge on any atom is 0.305 e. The normalized spacial score (nSPS) is 17.9. The van der Waals surface area contributed by atoms with Crippen molar-refractivity contribution in [3.05, 3.63) is 24.3 Å². The van der Waals surface area contributed by atoms with Crippen LogP contribution in [0.5, 0.6) is 5.75 Å². The maximum atomic E-state index is 11.3. The number of benzene rings is 1. The second-order valence-corrected chi connectivity index (χ2v) is 6.47. The molecule has 6 heteroatoms. The van der Waals surface area contributed by atoms with E-state index in [9.17, 15) is 9.90 Å². The van der Waals surface area contributed by atoms with Crippen molar-refractivity contribution in [2.45, 2.75) is 33.2 Å². The highest BCUT2D eigenvalue weighted by molar-refractivity contribution is 7.80. The summed E-state index contributed by atoms with van der Waals surface area (Å²) in [5.74, 6) is 0.378. The summed E-state index contributed by atoms with van der Waals surface area (Å²) in [4.78, 5) is 15.3. The summed E-state index contributed by atoms with van der Waals surface area (Å²) in [7, 11) is 0. The van der Waals surface area contributed by atoms with E-state index < -0.39 is 5.97 Å². The van der Waals surface area contributed by atoms with Crippen LogP contribution in [-0.4, -0.2) is 46.8 Å². The van der Waals surface area contributed by atoms with E-state index in [4.69, 9.17) is 17.0 Å². The fourth-order valence-corrected chi connectivity index (χ4v) is 3.30. The molecule has 1 aromatic carbocycles. The standard InChI is InChI=1S/C17H24N2O3S/c1-4-22-15-8-6-5-7-14(15)19-13(9-16(20)21)11-18(17(19)23)10-12(2)3/h5-8,12-13H,4,9-11H2,1-3H3,(H,20,21). The number of nitrogens with zero attached hydrogens (tertiary/aromatic N) is 2. The molecule has 0 amide bonds. The van der Waals surface area contributed by atoms with Gasteiger partial charge in [-0.05, 0) is 37.2 Å². The maximum absolute atomic E-state index is 11.3. The van der Waals surface area contributed by atoms with E-state index in [1.54, 1.807) is 0 Å². The lowest BCUT2D eigenvalue weighted by molar-refractivity contribution is -0.137. The van der Waals surface area contributed by atoms with E-state index >= 15 is 0 Å². The first-order valence-electron chi connectivity index (χ1n) is 7.95. The van der Waals surface area contributed by atoms with Crippen LogP contribution in [0, 0.1) is 5.92 Å². The van der Waals surface area contributed by atoms with E-state index in [0.717, 1.165) is 18.0 Å². The van der Waals surface area contributed by atoms with Crippen molar-refractivity contribution in [1.82, 2.24) is 4.90 Å². The summed E-state index contributed by atoms with van der Waals surface area (Å²) >= 11 is 5.64. The van der Waals surface area contributed by atoms with Crippen molar-refractivity contribution in [2.24, 2.45) is 5.92 Å². The number of hydrogen-bond acceptors (Lipinski definition) is 3. The van der Waals surface area contributed by atoms with Gasteiger partial charge in [0.1, 0.15) is 5.75 Å². The molecule has 1 fully saturated rings. The number of carbonyl (C=O) groups is 1. The molecule has 1 N–H and O–H groups in total. The monoisotopic (exact) mass is 336 g/mol. The molecule has 0 aliphatic carbocycles. The van der Waals surface area contributed by atoms with Crippen molar-refractivity contribution in [3.8, 4) is 5.75 Å². The Bertz CT molecular complexity index is 577. The minimum Gasteiger partial charge on any atom is -0.492 e. The SMILES string of the molecule is CCOc1ccccc1N1C(=S)N(CC(C)C)CC1CC(=O)O. The molecular formula is C17H24N2O3S. The number of rotatable bonds is 7. The highest BCUT2D eigenvalue weighted by Crippen LogP contribution is 2.34. The van der Waals surface area contributed by atoms with Gasteiger partial charge in [-0.1, -0.05) is 26.0 Å². The fourth-order valence-electron chi connectivity index (χ4n) is 2.91. The highest BCUT2D eigenvalue weighted by atomic mass is 32.1. The number of ether oxygens (including phenoxy) is 1. The van der Waals surface area contributed by atoms with Crippen LogP contribution < -0.4 is 9.64 Å². The lowest BCUT2D eigenvalue weighted by Gasteiger charge is -2.27. The number of para-hydroxylation sites is 2. The summed E-state index contributed by atoms with van der Waals surface area (Å²) in [5.41, 5.74) is 0.844. The van der Waals surface area contributed by atoms with Crippen LogP contribution in [0.2, 0.25) is 0 Å². The number of hydrogen-bond donors (Lipinski definition) is 1. The number of carboxylic acids is 1. The van der Waals surface area contributed by atoms with Crippen molar-refractivity contribution in [3.63, 3.8) is 0 Å². The molecule has 0 saturated carbocycles. The average Bonchev–Trinajstić information content (AvgIpc) is 2.75. The number of anilines is 1. The molecular weight excluding hydrogens is 312 g/mol. The Morgan fingerprint density at radius 3 is 2.74 bits per heavy atom. The summed E-state index contributed by atoms with van der Waals surface area (Å²) in [6.07, 6.45) is 0.0508. The highest BCUT2D eigenvalue weighted by Gasteiger charge is 2.37. The summed E-state index contributed by atoms with van der Waals surface area (Å²) in [6, 6.07) is 7.48. The third-order valence-corrected chi connectivity index (χ3v) is 4.15. The topological polar surface area (TPSA) is 53.0 Å². The molecule has 0 bridgehead atoms. The molecule has 1 aromatic rings. The summed E-state index contributed by atoms with van der Waals surface area (Å²) < 4.78 is 5.70. The first kappa shape index (κ1) is 17.5. The minimum atomic E-state index is -0.817. The zero-order valence-electron chi connectivity index (χ0n) is 13.9. The Labute approximate surface area is 142 Å². The van der Waals surface area contributed by atoms with E-state index in [2.05, 4.69) is 18.7 Å². The van der Waals surface area contributed by atoms with Crippen LogP contribution in [-0.2, 0) is 4.79 Å². The quantitative estimate of drug-likeness (QED) is 0.773. The van der Waals surface area contributed by atoms with Crippen LogP contribution in [0.25, 0.3) is 0 Å². The predicted octanol–water partition coefficient (Wildman–Crippen LogP) is 2.99. The van der Waals surface area contributed by atoms with E-state index in [0.29, 0.717) is 24.2 Å². The lowest BCUT2D eigenvalue weighted by Crippen LogP contribution is -2.36. The number of aliphatic carboxylic acids is 1. The van der Waals surface area contributed by atoms with Gasteiger partial charge in [-0.15, -0.1) is 0 Å². The summed E-state index contributed by atoms with van der Waals surface area (Å²) in [6.45, 7) is 8.19. The van der Waals surface area contributed by atoms with Crippen molar-refractivity contribution in [2.75, 3.05) is 24.6 Å². The van der Waals surface area contributed by atoms with Crippen LogP contribution in [0.15, 0.2) is 24.3 Å². The Morgan fingerprint density at radius 2 is 2.13 bits per heavy atom. The van der Waals surface area contributed by atoms with Crippen molar-refractivity contribution in [1.29, 1.82) is 0 Å². The molecule has 1 heterocycles. The Morgan fingerprint density at radius 1 is 1.43 bits per heavy atom. The molecule has 0 radical (unpaired) electrons. The van der Waals surface area contributed by atoms with Crippen LogP contribution in [0.3, 0.4) is 0 Å². The largest absolute Gasteiger partial charge is 0.492 e. The number of carboxylic acid groups (broad SMARTS) is 1. The van der Waals surface area contributed by atoms with Crippen molar-refractivity contribution >= 4 is 29.0 Å². The summed E-state index contributed by atoms with van der Waals surface area (Å²) in [5, 5.41) is 9.92. The minimum absolute atomic E-state index is 0.0508. The van der Waals surface area contributed by atoms with Gasteiger partial charge in [0.25, 0.3) is 0 Å². The van der Waals surface area contributed by atoms with Gasteiger partial charge < -0.3 is 19.6 Å². The molecule has 1 atom stereocenters. The second kappa shape index (κ2) is 7.64. The van der Waals surface area contributed by atoms with Gasteiger partial charge in [-0.2, -0.15) is 0 Å². The average molecular weight is 336 g/mol. The van der Waals surface area contributed by atoms with Gasteiger partial charge in [0.2, 0.25) is 0 Å². The van der Waals surface area contributed by atoms with Gasteiger partial charge in [0.15, 0.2) is 5.11 Å². The molecule has 1 saturated heterocycles. The molecule has 0 aromatic heterocycles. The van der Waals surface area contributed by atoms with Gasteiger partial charge in [-0.25, -0.2) is 0 Å². The molecule has 1 aliphatic heterocycles. The first-order chi connectivity index (χ1) is 10.9. The Balaban J connectivity index is 2.35. The molecule has 23 heavy (non-hydrogen) atoms. The van der Waals surface area contributed by atoms with E-state index in [1.807, 2.05) is 36.1 Å². The fraction of sp³-hybridized carbons (Fsp3) is 0.529. The zero-order valence-corrected chi connectivity index (χ0v) is 14.7. The molecule has 5 nitrogen and oxygen atoms in total. The van der Waals surface area contributed by atoms with E-state index in [-0.39, 0.29) is 12.5 Å². The predicted molar refractivity (Wildman–Crippen MR) is 95.1 cm³/mol. The van der Waals surface area contributed by atoms with Crippen molar-refractivity contribution < 1.29 is 14.6 Å². The van der Waals surface area contributed by atoms with Crippen LogP contribution >= 0.6 is 12.2 Å². The zero-order chi connectivity index (χ0) is 17.0. The lowest BCUT2D eigenvalue weighted by atomic mass is 10.1. The van der Waals surface area contributed by atoms with Crippen LogP contribution in [0.1, 0.15) is 27.2 Å². The van der Waals surface area contributed by atoms with Gasteiger partial charge in [-0.3, -0.25) is 4.79 Å². The smallest absolute Gasteiger partial charge is 0.305 e. The van der Waals surface area contributed by atoms with Gasteiger partial charge in [0.05, 0.1) is 24.8 Å². The molecule has 2 rings (SSSR count). The number of thiocarbonyl (C=S) groups is 1. The van der Waals surface area contributed by atoms with Gasteiger partial charge >= 0.3 is 5.97 Å². The Hall–Kier alpha value is -1.82. The first-order valence-corrected chi connectivity index (χ1v) is 8.36. The molecule has 1 aliphatic rings.